The predicted octanol–water partition coefficient (Wildman–Crippen LogP) is 0.338. The summed E-state index contributed by atoms with van der Waals surface area (Å²) in [5.74, 6) is -0.212. The highest BCUT2D eigenvalue weighted by Gasteiger charge is 2.21. The molecule has 0 saturated carbocycles. The van der Waals surface area contributed by atoms with E-state index in [2.05, 4.69) is 4.74 Å². The number of carbonyl (C=O) groups excluding carboxylic acids is 1. The highest BCUT2D eigenvalue weighted by Crippen LogP contribution is 2.12. The lowest BCUT2D eigenvalue weighted by Crippen LogP contribution is -2.02. The van der Waals surface area contributed by atoms with E-state index in [0.29, 0.717) is 12.7 Å². The Balaban J connectivity index is 1.86. The van der Waals surface area contributed by atoms with Crippen molar-refractivity contribution in [2.75, 3.05) is 13.2 Å². The van der Waals surface area contributed by atoms with Crippen LogP contribution in [0, 0.1) is 0 Å². The van der Waals surface area contributed by atoms with Crippen LogP contribution in [0.3, 0.4) is 0 Å². The van der Waals surface area contributed by atoms with Crippen LogP contribution in [0.1, 0.15) is 13.3 Å². The summed E-state index contributed by atoms with van der Waals surface area (Å²) in [5, 5.41) is 0. The molecule has 1 unspecified atom stereocenters. The van der Waals surface area contributed by atoms with E-state index in [9.17, 15) is 4.79 Å². The van der Waals surface area contributed by atoms with Crippen LogP contribution in [0.15, 0.2) is 0 Å². The summed E-state index contributed by atoms with van der Waals surface area (Å²) in [6, 6.07) is 0. The molecule has 0 aromatic rings. The molecule has 52 valence electrons. The second-order valence-corrected chi connectivity index (χ2v) is 2.08. The monoisotopic (exact) mass is 130 g/mol. The van der Waals surface area contributed by atoms with Crippen molar-refractivity contribution in [3.8, 4) is 0 Å². The first-order valence-corrected chi connectivity index (χ1v) is 3.04. The third-order valence-corrected chi connectivity index (χ3v) is 1.15. The van der Waals surface area contributed by atoms with Crippen molar-refractivity contribution in [1.82, 2.24) is 0 Å². The molecule has 0 aliphatic carbocycles. The maximum atomic E-state index is 10.2. The van der Waals surface area contributed by atoms with E-state index < -0.39 is 0 Å². The fraction of sp³-hybridized carbons (Fsp3) is 0.833. The third-order valence-electron chi connectivity index (χ3n) is 1.15. The van der Waals surface area contributed by atoms with Gasteiger partial charge in [0.2, 0.25) is 0 Å². The molecule has 1 saturated heterocycles. The molecule has 1 heterocycles. The minimum atomic E-state index is -0.212. The summed E-state index contributed by atoms with van der Waals surface area (Å²) in [4.78, 5) is 10.2. The predicted molar refractivity (Wildman–Crippen MR) is 31.0 cm³/mol. The molecule has 0 N–H and O–H groups in total. The van der Waals surface area contributed by atoms with Crippen molar-refractivity contribution in [2.45, 2.75) is 19.4 Å². The van der Waals surface area contributed by atoms with Gasteiger partial charge in [-0.3, -0.25) is 4.79 Å². The van der Waals surface area contributed by atoms with E-state index in [-0.39, 0.29) is 5.97 Å². The Kier molecular flexibility index (Phi) is 2.05. The van der Waals surface area contributed by atoms with Gasteiger partial charge in [0.1, 0.15) is 0 Å². The molecule has 3 heteroatoms. The fourth-order valence-electron chi connectivity index (χ4n) is 0.569. The zero-order chi connectivity index (χ0) is 6.69. The van der Waals surface area contributed by atoms with Crippen LogP contribution in [-0.2, 0) is 14.3 Å². The zero-order valence-corrected chi connectivity index (χ0v) is 5.42. The Labute approximate surface area is 53.9 Å². The van der Waals surface area contributed by atoms with Crippen molar-refractivity contribution >= 4 is 5.97 Å². The van der Waals surface area contributed by atoms with Crippen molar-refractivity contribution < 1.29 is 14.3 Å². The first-order valence-electron chi connectivity index (χ1n) is 3.04. The quantitative estimate of drug-likeness (QED) is 0.408. The van der Waals surface area contributed by atoms with Crippen LogP contribution in [0.2, 0.25) is 0 Å². The molecule has 1 rings (SSSR count). The minimum Gasteiger partial charge on any atom is -0.466 e. The molecule has 3 nitrogen and oxygen atoms in total. The number of hydrogen-bond acceptors (Lipinski definition) is 3. The SMILES string of the molecule is CC(=O)OCCC1CO1. The first-order chi connectivity index (χ1) is 4.29. The molecule has 0 aromatic carbocycles. The van der Waals surface area contributed by atoms with Crippen LogP contribution in [0.4, 0.5) is 0 Å². The lowest BCUT2D eigenvalue weighted by Gasteiger charge is -1.96. The lowest BCUT2D eigenvalue weighted by atomic mass is 10.3. The maximum absolute atomic E-state index is 10.2. The molecule has 0 aromatic heterocycles. The van der Waals surface area contributed by atoms with E-state index in [0.717, 1.165) is 13.0 Å². The molecule has 1 aliphatic heterocycles. The van der Waals surface area contributed by atoms with Gasteiger partial charge in [-0.05, 0) is 0 Å². The van der Waals surface area contributed by atoms with Crippen molar-refractivity contribution in [3.63, 3.8) is 0 Å². The van der Waals surface area contributed by atoms with E-state index >= 15 is 0 Å². The zero-order valence-electron chi connectivity index (χ0n) is 5.42. The number of epoxide rings is 1. The molecule has 0 amide bonds. The summed E-state index contributed by atoms with van der Waals surface area (Å²) in [7, 11) is 0. The van der Waals surface area contributed by atoms with Crippen LogP contribution in [0.5, 0.6) is 0 Å². The largest absolute Gasteiger partial charge is 0.466 e. The summed E-state index contributed by atoms with van der Waals surface area (Å²) < 4.78 is 9.57. The van der Waals surface area contributed by atoms with Gasteiger partial charge in [-0.25, -0.2) is 0 Å². The van der Waals surface area contributed by atoms with Crippen molar-refractivity contribution in [3.05, 3.63) is 0 Å². The Bertz CT molecular complexity index is 107. The van der Waals surface area contributed by atoms with Gasteiger partial charge in [0.15, 0.2) is 0 Å². The highest BCUT2D eigenvalue weighted by molar-refractivity contribution is 5.65. The molecule has 0 bridgehead atoms. The van der Waals surface area contributed by atoms with E-state index in [1.165, 1.54) is 6.92 Å². The summed E-state index contributed by atoms with van der Waals surface area (Å²) >= 11 is 0. The van der Waals surface area contributed by atoms with Crippen molar-refractivity contribution in [1.29, 1.82) is 0 Å². The van der Waals surface area contributed by atoms with Gasteiger partial charge in [0.25, 0.3) is 0 Å². The summed E-state index contributed by atoms with van der Waals surface area (Å²) in [6.45, 7) is 2.75. The van der Waals surface area contributed by atoms with Gasteiger partial charge in [-0.2, -0.15) is 0 Å². The Morgan fingerprint density at radius 2 is 2.56 bits per heavy atom. The van der Waals surface area contributed by atoms with E-state index in [1.807, 2.05) is 0 Å². The molecule has 1 fully saturated rings. The van der Waals surface area contributed by atoms with Crippen LogP contribution >= 0.6 is 0 Å². The maximum Gasteiger partial charge on any atom is 0.302 e. The van der Waals surface area contributed by atoms with Gasteiger partial charge in [0, 0.05) is 13.3 Å². The topological polar surface area (TPSA) is 38.8 Å². The molecule has 1 aliphatic rings. The van der Waals surface area contributed by atoms with Gasteiger partial charge in [-0.1, -0.05) is 0 Å². The average molecular weight is 130 g/mol. The fourth-order valence-corrected chi connectivity index (χ4v) is 0.569. The van der Waals surface area contributed by atoms with Crippen LogP contribution in [0.25, 0.3) is 0 Å². The molecular weight excluding hydrogens is 120 g/mol. The Hall–Kier alpha value is -0.570. The van der Waals surface area contributed by atoms with E-state index in [1.54, 1.807) is 0 Å². The normalized spacial score (nSPS) is 23.4. The minimum absolute atomic E-state index is 0.212. The second-order valence-electron chi connectivity index (χ2n) is 2.08. The van der Waals surface area contributed by atoms with Crippen molar-refractivity contribution in [2.24, 2.45) is 0 Å². The molecule has 1 atom stereocenters. The average Bonchev–Trinajstić information content (AvgIpc) is 2.48. The van der Waals surface area contributed by atoms with Crippen LogP contribution in [-0.4, -0.2) is 25.3 Å². The molecular formula is C6H10O3. The Morgan fingerprint density at radius 1 is 1.89 bits per heavy atom. The lowest BCUT2D eigenvalue weighted by molar-refractivity contribution is -0.141. The third kappa shape index (κ3) is 3.08. The standard InChI is InChI=1S/C6H10O3/c1-5(7)8-3-2-6-4-9-6/h6H,2-4H2,1H3. The van der Waals surface area contributed by atoms with Gasteiger partial charge in [0.05, 0.1) is 19.3 Å². The van der Waals surface area contributed by atoms with E-state index in [4.69, 9.17) is 4.74 Å². The second kappa shape index (κ2) is 2.82. The number of esters is 1. The molecule has 0 spiro atoms. The number of ether oxygens (including phenoxy) is 2. The Morgan fingerprint density at radius 3 is 3.00 bits per heavy atom. The summed E-state index contributed by atoms with van der Waals surface area (Å²) in [5.41, 5.74) is 0. The first kappa shape index (κ1) is 6.55. The number of hydrogen-bond donors (Lipinski definition) is 0. The molecule has 9 heavy (non-hydrogen) atoms. The highest BCUT2D eigenvalue weighted by atomic mass is 16.6. The summed E-state index contributed by atoms with van der Waals surface area (Å²) in [6.07, 6.45) is 1.21. The number of carbonyl (C=O) groups is 1. The number of rotatable bonds is 3. The smallest absolute Gasteiger partial charge is 0.302 e. The van der Waals surface area contributed by atoms with Gasteiger partial charge >= 0.3 is 5.97 Å². The van der Waals surface area contributed by atoms with Gasteiger partial charge < -0.3 is 9.47 Å². The molecule has 0 radical (unpaired) electrons. The van der Waals surface area contributed by atoms with Gasteiger partial charge in [-0.15, -0.1) is 0 Å². The van der Waals surface area contributed by atoms with Crippen LogP contribution < -0.4 is 0 Å².